The quantitative estimate of drug-likeness (QED) is 0.222. The Morgan fingerprint density at radius 2 is 1.74 bits per heavy atom. The Morgan fingerprint density at radius 3 is 2.42 bits per heavy atom. The number of alkyl halides is 3. The van der Waals surface area contributed by atoms with Crippen LogP contribution in [0.2, 0.25) is 5.02 Å². The number of nitriles is 1. The van der Waals surface area contributed by atoms with Gasteiger partial charge in [0.05, 0.1) is 34.1 Å². The fraction of sp³-hybridized carbons (Fsp3) is 0.441. The number of hydrogen-bond acceptors (Lipinski definition) is 9. The standard InChI is InChI=1S/C34H37ClF3N11O4/c1-33(2,3)53-32(52)47-13-8-22(18-47)44-31(51)43-20-6-11-46(12-7-20)30(50)23-5-4-21(16-25(23)35)42-28-29-41-17-26(49(29)15-10-40-28)24-19-48(14-9-39)45-27(24)34(36,37)38/h4-5,10,15-17,19-20,22H,6-8,11-14,18H2,1-3H3,(H,40,42)(H2,43,44,51). The van der Waals surface area contributed by atoms with Gasteiger partial charge in [0.1, 0.15) is 12.1 Å². The molecule has 4 amide bonds. The fourth-order valence-corrected chi connectivity index (χ4v) is 6.52. The molecule has 3 N–H and O–H groups in total. The van der Waals surface area contributed by atoms with E-state index in [2.05, 4.69) is 31.0 Å². The number of rotatable bonds is 7. The van der Waals surface area contributed by atoms with Gasteiger partial charge in [0.25, 0.3) is 5.91 Å². The van der Waals surface area contributed by atoms with E-state index in [4.69, 9.17) is 21.6 Å². The first kappa shape index (κ1) is 37.2. The summed E-state index contributed by atoms with van der Waals surface area (Å²) in [6.07, 6.45) is 1.79. The summed E-state index contributed by atoms with van der Waals surface area (Å²) in [7, 11) is 0. The SMILES string of the molecule is CC(C)(C)OC(=O)N1CCC(NC(=O)NC2CCN(C(=O)c3ccc(Nc4nccn5c(-c6cn(CC#N)nc6C(F)(F)F)cnc45)cc3Cl)CC2)C1. The van der Waals surface area contributed by atoms with Gasteiger partial charge in [-0.25, -0.2) is 19.6 Å². The molecule has 0 saturated carbocycles. The second kappa shape index (κ2) is 14.8. The van der Waals surface area contributed by atoms with Crippen LogP contribution in [0, 0.1) is 11.3 Å². The number of ether oxygens (including phenoxy) is 1. The van der Waals surface area contributed by atoms with Gasteiger partial charge in [-0.3, -0.25) is 13.9 Å². The Morgan fingerprint density at radius 1 is 1.04 bits per heavy atom. The highest BCUT2D eigenvalue weighted by atomic mass is 35.5. The Labute approximate surface area is 307 Å². The third-order valence-corrected chi connectivity index (χ3v) is 9.03. The number of carbonyl (C=O) groups is 3. The van der Waals surface area contributed by atoms with Gasteiger partial charge in [0, 0.05) is 62.5 Å². The Hall–Kier alpha value is -5.57. The lowest BCUT2D eigenvalue weighted by molar-refractivity contribution is -0.141. The molecule has 1 unspecified atom stereocenters. The Bertz CT molecular complexity index is 2060. The summed E-state index contributed by atoms with van der Waals surface area (Å²) in [4.78, 5) is 50.3. The zero-order valence-electron chi connectivity index (χ0n) is 29.1. The first-order valence-electron chi connectivity index (χ1n) is 16.8. The molecule has 19 heteroatoms. The molecule has 0 radical (unpaired) electrons. The van der Waals surface area contributed by atoms with Gasteiger partial charge in [-0.2, -0.15) is 23.5 Å². The van der Waals surface area contributed by atoms with Gasteiger partial charge in [-0.15, -0.1) is 0 Å². The summed E-state index contributed by atoms with van der Waals surface area (Å²) in [6, 6.07) is 5.87. The molecule has 4 aromatic rings. The van der Waals surface area contributed by atoms with Crippen molar-refractivity contribution in [3.05, 3.63) is 59.3 Å². The van der Waals surface area contributed by atoms with Crippen LogP contribution in [0.5, 0.6) is 0 Å². The number of likely N-dealkylation sites (tertiary alicyclic amines) is 2. The molecule has 3 aromatic heterocycles. The van der Waals surface area contributed by atoms with Gasteiger partial charge < -0.3 is 30.5 Å². The molecule has 0 bridgehead atoms. The molecular weight excluding hydrogens is 719 g/mol. The maximum absolute atomic E-state index is 13.8. The Kier molecular flexibility index (Phi) is 10.4. The molecule has 15 nitrogen and oxygen atoms in total. The van der Waals surface area contributed by atoms with Gasteiger partial charge in [-0.05, 0) is 58.2 Å². The van der Waals surface area contributed by atoms with E-state index >= 15 is 0 Å². The molecule has 1 atom stereocenters. The van der Waals surface area contributed by atoms with Crippen LogP contribution in [-0.2, 0) is 17.5 Å². The molecule has 0 aliphatic carbocycles. The topological polar surface area (TPSA) is 175 Å². The number of urea groups is 1. The summed E-state index contributed by atoms with van der Waals surface area (Å²) in [5, 5.41) is 21.7. The number of fused-ring (bicyclic) bond motifs is 1. The second-order valence-electron chi connectivity index (χ2n) is 13.8. The molecule has 2 fully saturated rings. The average molecular weight is 756 g/mol. The van der Waals surface area contributed by atoms with Crippen molar-refractivity contribution in [3.63, 3.8) is 0 Å². The van der Waals surface area contributed by atoms with Crippen LogP contribution < -0.4 is 16.0 Å². The number of benzene rings is 1. The average Bonchev–Trinajstić information content (AvgIpc) is 3.83. The smallest absolute Gasteiger partial charge is 0.435 e. The van der Waals surface area contributed by atoms with Gasteiger partial charge >= 0.3 is 18.3 Å². The van der Waals surface area contributed by atoms with Crippen molar-refractivity contribution >= 4 is 46.8 Å². The molecule has 2 aliphatic rings. The normalized spacial score (nSPS) is 16.8. The zero-order chi connectivity index (χ0) is 38.1. The van der Waals surface area contributed by atoms with Crippen LogP contribution in [0.1, 0.15) is 56.1 Å². The van der Waals surface area contributed by atoms with Crippen molar-refractivity contribution in [1.29, 1.82) is 5.26 Å². The maximum Gasteiger partial charge on any atom is 0.435 e. The first-order valence-corrected chi connectivity index (χ1v) is 17.2. The van der Waals surface area contributed by atoms with E-state index in [1.165, 1.54) is 23.0 Å². The molecular formula is C34H37ClF3N11O4. The summed E-state index contributed by atoms with van der Waals surface area (Å²) in [5.41, 5.74) is -0.939. The number of halogens is 4. The van der Waals surface area contributed by atoms with E-state index in [0.29, 0.717) is 51.1 Å². The second-order valence-corrected chi connectivity index (χ2v) is 14.2. The van der Waals surface area contributed by atoms with E-state index in [9.17, 15) is 27.6 Å². The van der Waals surface area contributed by atoms with E-state index in [1.807, 2.05) is 0 Å². The van der Waals surface area contributed by atoms with E-state index < -0.39 is 23.6 Å². The molecule has 53 heavy (non-hydrogen) atoms. The molecule has 1 aromatic carbocycles. The number of piperidine rings is 1. The molecule has 0 spiro atoms. The summed E-state index contributed by atoms with van der Waals surface area (Å²) in [6.45, 7) is 6.70. The van der Waals surface area contributed by atoms with Gasteiger partial charge in [0.2, 0.25) is 0 Å². The summed E-state index contributed by atoms with van der Waals surface area (Å²) >= 11 is 6.57. The number of amides is 4. The molecule has 280 valence electrons. The predicted molar refractivity (Wildman–Crippen MR) is 186 cm³/mol. The summed E-state index contributed by atoms with van der Waals surface area (Å²) < 4.78 is 49.2. The number of nitrogens with zero attached hydrogens (tertiary/aromatic N) is 8. The van der Waals surface area contributed by atoms with Gasteiger partial charge in [-0.1, -0.05) is 11.6 Å². The number of nitrogens with one attached hydrogen (secondary N) is 3. The lowest BCUT2D eigenvalue weighted by Gasteiger charge is -2.33. The van der Waals surface area contributed by atoms with Gasteiger partial charge in [0.15, 0.2) is 17.2 Å². The van der Waals surface area contributed by atoms with Crippen LogP contribution >= 0.6 is 11.6 Å². The minimum Gasteiger partial charge on any atom is -0.444 e. The highest BCUT2D eigenvalue weighted by Gasteiger charge is 2.38. The van der Waals surface area contributed by atoms with Crippen molar-refractivity contribution in [3.8, 4) is 17.3 Å². The van der Waals surface area contributed by atoms with Crippen molar-refractivity contribution in [1.82, 2.24) is 44.6 Å². The van der Waals surface area contributed by atoms with Crippen LogP contribution in [-0.4, -0.2) is 95.8 Å². The van der Waals surface area contributed by atoms with E-state index in [1.54, 1.807) is 54.8 Å². The minimum absolute atomic E-state index is 0.0981. The maximum atomic E-state index is 13.8. The highest BCUT2D eigenvalue weighted by Crippen LogP contribution is 2.37. The third kappa shape index (κ3) is 8.57. The number of carbonyl (C=O) groups excluding carboxylic acids is 3. The molecule has 5 heterocycles. The molecule has 2 aliphatic heterocycles. The zero-order valence-corrected chi connectivity index (χ0v) is 29.8. The van der Waals surface area contributed by atoms with Crippen molar-refractivity contribution in [2.24, 2.45) is 0 Å². The number of imidazole rings is 1. The number of hydrogen-bond donors (Lipinski definition) is 3. The highest BCUT2D eigenvalue weighted by molar-refractivity contribution is 6.34. The molecule has 6 rings (SSSR count). The number of aromatic nitrogens is 5. The third-order valence-electron chi connectivity index (χ3n) is 8.72. The van der Waals surface area contributed by atoms with Crippen LogP contribution in [0.4, 0.5) is 34.3 Å². The lowest BCUT2D eigenvalue weighted by Crippen LogP contribution is -2.51. The van der Waals surface area contributed by atoms with Crippen LogP contribution in [0.25, 0.3) is 16.9 Å². The van der Waals surface area contributed by atoms with Crippen molar-refractivity contribution in [2.45, 2.75) is 70.4 Å². The first-order chi connectivity index (χ1) is 25.1. The van der Waals surface area contributed by atoms with E-state index in [-0.39, 0.29) is 63.9 Å². The molecule has 2 saturated heterocycles. The summed E-state index contributed by atoms with van der Waals surface area (Å²) in [5.74, 6) is -0.0491. The van der Waals surface area contributed by atoms with Crippen LogP contribution in [0.15, 0.2) is 43.0 Å². The predicted octanol–water partition coefficient (Wildman–Crippen LogP) is 5.45. The number of anilines is 2. The van der Waals surface area contributed by atoms with Crippen LogP contribution in [0.3, 0.4) is 0 Å². The lowest BCUT2D eigenvalue weighted by atomic mass is 10.0. The monoisotopic (exact) mass is 755 g/mol. The fourth-order valence-electron chi connectivity index (χ4n) is 6.26. The Balaban J connectivity index is 1.04. The van der Waals surface area contributed by atoms with Crippen molar-refractivity contribution in [2.75, 3.05) is 31.5 Å². The van der Waals surface area contributed by atoms with E-state index in [0.717, 1.165) is 10.9 Å². The minimum atomic E-state index is -4.77. The van der Waals surface area contributed by atoms with Crippen molar-refractivity contribution < 1.29 is 32.3 Å². The largest absolute Gasteiger partial charge is 0.444 e.